The molecular weight excluding hydrogens is 348 g/mol. The number of nitrogens with one attached hydrogen (secondary N) is 3. The van der Waals surface area contributed by atoms with Crippen molar-refractivity contribution in [2.45, 2.75) is 33.0 Å². The average Bonchev–Trinajstić information content (AvgIpc) is 3.30. The van der Waals surface area contributed by atoms with Crippen LogP contribution < -0.4 is 10.6 Å². The number of benzene rings is 1. The van der Waals surface area contributed by atoms with E-state index in [1.165, 1.54) is 11.3 Å². The zero-order valence-corrected chi connectivity index (χ0v) is 15.4. The van der Waals surface area contributed by atoms with Gasteiger partial charge in [0.25, 0.3) is 0 Å². The predicted octanol–water partition coefficient (Wildman–Crippen LogP) is 3.95. The van der Waals surface area contributed by atoms with Crippen molar-refractivity contribution in [1.29, 1.82) is 0 Å². The number of aromatic nitrogens is 4. The fourth-order valence-electron chi connectivity index (χ4n) is 3.71. The van der Waals surface area contributed by atoms with Crippen LogP contribution in [-0.2, 0) is 13.1 Å². The van der Waals surface area contributed by atoms with Crippen LogP contribution in [0, 0.1) is 0 Å². The van der Waals surface area contributed by atoms with Crippen LogP contribution in [0.3, 0.4) is 0 Å². The maximum absolute atomic E-state index is 6.37. The topological polar surface area (TPSA) is 70.0 Å². The molecule has 0 saturated carbocycles. The third kappa shape index (κ3) is 2.29. The quantitative estimate of drug-likeness (QED) is 0.513. The van der Waals surface area contributed by atoms with Crippen LogP contribution in [0.1, 0.15) is 25.1 Å². The zero-order valence-electron chi connectivity index (χ0n) is 14.6. The monoisotopic (exact) mass is 366 g/mol. The van der Waals surface area contributed by atoms with Crippen molar-refractivity contribution in [3.05, 3.63) is 46.7 Å². The van der Waals surface area contributed by atoms with Crippen molar-refractivity contribution in [3.63, 3.8) is 0 Å². The first-order chi connectivity index (χ1) is 12.6. The second-order valence-electron chi connectivity index (χ2n) is 7.00. The second-order valence-corrected chi connectivity index (χ2v) is 7.43. The van der Waals surface area contributed by atoms with E-state index in [1.807, 2.05) is 18.3 Å². The molecule has 4 aromatic rings. The highest BCUT2D eigenvalue weighted by atomic mass is 35.5. The Morgan fingerprint density at radius 2 is 2.12 bits per heavy atom. The molecule has 6 nitrogen and oxygen atoms in total. The number of pyridine rings is 1. The number of halogens is 1. The molecule has 0 bridgehead atoms. The number of fused-ring (bicyclic) bond motifs is 4. The van der Waals surface area contributed by atoms with Gasteiger partial charge in [0.15, 0.2) is 0 Å². The van der Waals surface area contributed by atoms with Crippen LogP contribution in [0.5, 0.6) is 0 Å². The molecule has 0 saturated heterocycles. The highest BCUT2D eigenvalue weighted by molar-refractivity contribution is 6.32. The maximum Gasteiger partial charge on any atom is 0.139 e. The molecule has 3 N–H and O–H groups in total. The van der Waals surface area contributed by atoms with Crippen molar-refractivity contribution in [3.8, 4) is 11.3 Å². The third-order valence-electron chi connectivity index (χ3n) is 4.79. The lowest BCUT2D eigenvalue weighted by Crippen LogP contribution is -2.14. The Hall–Kier alpha value is -2.57. The van der Waals surface area contributed by atoms with Gasteiger partial charge >= 0.3 is 0 Å². The molecule has 0 amide bonds. The molecule has 0 spiro atoms. The average molecular weight is 367 g/mol. The van der Waals surface area contributed by atoms with Crippen molar-refractivity contribution in [1.82, 2.24) is 24.9 Å². The van der Waals surface area contributed by atoms with E-state index in [0.717, 1.165) is 46.7 Å². The van der Waals surface area contributed by atoms with Gasteiger partial charge in [-0.05, 0) is 37.6 Å². The first kappa shape index (κ1) is 15.7. The van der Waals surface area contributed by atoms with Gasteiger partial charge in [0.1, 0.15) is 17.2 Å². The number of rotatable bonds is 3. The van der Waals surface area contributed by atoms with Crippen LogP contribution in [0.4, 0.5) is 5.82 Å². The van der Waals surface area contributed by atoms with Crippen LogP contribution in [-0.4, -0.2) is 25.6 Å². The summed E-state index contributed by atoms with van der Waals surface area (Å²) in [6, 6.07) is 8.37. The molecule has 1 aromatic carbocycles. The number of H-pyrrole nitrogens is 1. The Morgan fingerprint density at radius 1 is 1.23 bits per heavy atom. The molecule has 1 aliphatic rings. The Bertz CT molecular complexity index is 1140. The highest BCUT2D eigenvalue weighted by Crippen LogP contribution is 2.37. The number of hydrogen-bond donors (Lipinski definition) is 3. The molecule has 132 valence electrons. The first-order valence-electron chi connectivity index (χ1n) is 8.75. The van der Waals surface area contributed by atoms with Gasteiger partial charge in [-0.25, -0.2) is 4.98 Å². The maximum atomic E-state index is 6.37. The van der Waals surface area contributed by atoms with E-state index in [9.17, 15) is 0 Å². The predicted molar refractivity (Wildman–Crippen MR) is 105 cm³/mol. The van der Waals surface area contributed by atoms with Gasteiger partial charge in [-0.15, -0.1) is 0 Å². The summed E-state index contributed by atoms with van der Waals surface area (Å²) < 4.78 is 2.23. The number of aromatic amines is 1. The summed E-state index contributed by atoms with van der Waals surface area (Å²) in [6.45, 7) is 6.00. The van der Waals surface area contributed by atoms with Crippen molar-refractivity contribution < 1.29 is 0 Å². The van der Waals surface area contributed by atoms with Crippen LogP contribution >= 0.6 is 11.6 Å². The minimum atomic E-state index is 0.276. The Labute approximate surface area is 155 Å². The minimum absolute atomic E-state index is 0.276. The summed E-state index contributed by atoms with van der Waals surface area (Å²) in [4.78, 5) is 4.96. The van der Waals surface area contributed by atoms with Crippen LogP contribution in [0.15, 0.2) is 30.5 Å². The third-order valence-corrected chi connectivity index (χ3v) is 5.01. The summed E-state index contributed by atoms with van der Waals surface area (Å²) >= 11 is 6.37. The summed E-state index contributed by atoms with van der Waals surface area (Å²) in [5.41, 5.74) is 6.29. The normalized spacial score (nSPS) is 13.8. The standard InChI is InChI=1S/C19H19ClN6/c1-10(2)23-19-18(13-5-12(20)6-15-14(13)8-22-25-15)24-17-4-3-11-7-21-9-16(11)26(17)19/h3-6,8,10,21,23H,7,9H2,1-2H3,(H,22,25). The van der Waals surface area contributed by atoms with Gasteiger partial charge in [-0.1, -0.05) is 17.7 Å². The van der Waals surface area contributed by atoms with E-state index >= 15 is 0 Å². The molecule has 7 heteroatoms. The van der Waals surface area contributed by atoms with E-state index in [1.54, 1.807) is 0 Å². The molecule has 4 heterocycles. The fraction of sp³-hybridized carbons (Fsp3) is 0.263. The number of hydrogen-bond acceptors (Lipinski definition) is 4. The lowest BCUT2D eigenvalue weighted by molar-refractivity contribution is 0.752. The lowest BCUT2D eigenvalue weighted by Gasteiger charge is -2.14. The summed E-state index contributed by atoms with van der Waals surface area (Å²) in [5, 5.41) is 15.9. The molecular formula is C19H19ClN6. The molecule has 5 rings (SSSR count). The van der Waals surface area contributed by atoms with Crippen LogP contribution in [0.2, 0.25) is 5.02 Å². The highest BCUT2D eigenvalue weighted by Gasteiger charge is 2.23. The molecule has 0 unspecified atom stereocenters. The lowest BCUT2D eigenvalue weighted by atomic mass is 10.1. The largest absolute Gasteiger partial charge is 0.367 e. The fourth-order valence-corrected chi connectivity index (χ4v) is 3.93. The van der Waals surface area contributed by atoms with Gasteiger partial charge < -0.3 is 10.6 Å². The van der Waals surface area contributed by atoms with Gasteiger partial charge in [0, 0.05) is 40.8 Å². The van der Waals surface area contributed by atoms with E-state index in [-0.39, 0.29) is 6.04 Å². The van der Waals surface area contributed by atoms with E-state index < -0.39 is 0 Å². The number of nitrogens with zero attached hydrogens (tertiary/aromatic N) is 3. The van der Waals surface area contributed by atoms with Crippen molar-refractivity contribution >= 4 is 34.0 Å². The molecule has 1 aliphatic heterocycles. The van der Waals surface area contributed by atoms with E-state index in [0.29, 0.717) is 5.02 Å². The molecule has 3 aromatic heterocycles. The minimum Gasteiger partial charge on any atom is -0.367 e. The van der Waals surface area contributed by atoms with Crippen LogP contribution in [0.25, 0.3) is 27.8 Å². The van der Waals surface area contributed by atoms with Crippen molar-refractivity contribution in [2.75, 3.05) is 5.32 Å². The summed E-state index contributed by atoms with van der Waals surface area (Å²) in [5.74, 6) is 1.00. The van der Waals surface area contributed by atoms with Gasteiger partial charge in [-0.2, -0.15) is 5.10 Å². The molecule has 0 aliphatic carbocycles. The second kappa shape index (κ2) is 5.72. The summed E-state index contributed by atoms with van der Waals surface area (Å²) in [6.07, 6.45) is 1.83. The number of imidazole rings is 1. The Kier molecular flexibility index (Phi) is 3.45. The van der Waals surface area contributed by atoms with E-state index in [2.05, 4.69) is 51.2 Å². The molecule has 0 radical (unpaired) electrons. The number of anilines is 1. The van der Waals surface area contributed by atoms with Gasteiger partial charge in [-0.3, -0.25) is 9.50 Å². The SMILES string of the molecule is CC(C)Nc1c(-c2cc(Cl)cc3[nH]ncc23)nc2ccc3c(n12)CNC3. The Morgan fingerprint density at radius 3 is 2.96 bits per heavy atom. The smallest absolute Gasteiger partial charge is 0.139 e. The van der Waals surface area contributed by atoms with Gasteiger partial charge in [0.2, 0.25) is 0 Å². The van der Waals surface area contributed by atoms with Crippen molar-refractivity contribution in [2.24, 2.45) is 0 Å². The Balaban J connectivity index is 1.86. The molecule has 0 atom stereocenters. The van der Waals surface area contributed by atoms with E-state index in [4.69, 9.17) is 16.6 Å². The van der Waals surface area contributed by atoms with Gasteiger partial charge in [0.05, 0.1) is 11.7 Å². The summed E-state index contributed by atoms with van der Waals surface area (Å²) in [7, 11) is 0. The molecule has 0 fully saturated rings. The first-order valence-corrected chi connectivity index (χ1v) is 9.13. The molecule has 26 heavy (non-hydrogen) atoms. The zero-order chi connectivity index (χ0) is 17.8.